The van der Waals surface area contributed by atoms with Crippen molar-refractivity contribution >= 4 is 23.8 Å². The molecule has 0 aliphatic heterocycles. The average Bonchev–Trinajstić information content (AvgIpc) is 2.63. The summed E-state index contributed by atoms with van der Waals surface area (Å²) in [5.41, 5.74) is 0. The van der Waals surface area contributed by atoms with Gasteiger partial charge in [0.05, 0.1) is 6.07 Å². The standard InChI is InChI=1S/C22H48BNO2Si2/c1-7-17-27(18-8-2,19-9-3)25-23(15-13-14-16-24)26-28(20-10-4,21-11-5)22-12-6/h7-15,17-22H2,1-6H3. The molecule has 0 rings (SSSR count). The van der Waals surface area contributed by atoms with Gasteiger partial charge >= 0.3 is 7.12 Å². The maximum Gasteiger partial charge on any atom is 0.435 e. The molecule has 6 heteroatoms. The second-order valence-corrected chi connectivity index (χ2v) is 16.8. The highest BCUT2D eigenvalue weighted by atomic mass is 28.4. The fourth-order valence-corrected chi connectivity index (χ4v) is 14.1. The Morgan fingerprint density at radius 2 is 0.964 bits per heavy atom. The van der Waals surface area contributed by atoms with Crippen LogP contribution in [-0.2, 0) is 8.69 Å². The first-order valence-electron chi connectivity index (χ1n) is 12.2. The van der Waals surface area contributed by atoms with Gasteiger partial charge in [-0.05, 0) is 49.0 Å². The molecule has 0 unspecified atom stereocenters. The van der Waals surface area contributed by atoms with Crippen molar-refractivity contribution in [1.29, 1.82) is 5.26 Å². The van der Waals surface area contributed by atoms with Gasteiger partial charge in [0, 0.05) is 6.42 Å². The van der Waals surface area contributed by atoms with Crippen LogP contribution in [0.3, 0.4) is 0 Å². The SMILES string of the molecule is CCC[Si](CCC)(CCC)OB(CCCC#N)O[Si](CCC)(CCC)CCC. The van der Waals surface area contributed by atoms with Crippen molar-refractivity contribution < 1.29 is 8.69 Å². The van der Waals surface area contributed by atoms with Gasteiger partial charge in [0.15, 0.2) is 16.6 Å². The molecule has 0 saturated carbocycles. The molecule has 0 N–H and O–H groups in total. The first kappa shape index (κ1) is 27.9. The molecule has 0 aromatic carbocycles. The van der Waals surface area contributed by atoms with Crippen molar-refractivity contribution in [2.24, 2.45) is 0 Å². The molecule has 164 valence electrons. The van der Waals surface area contributed by atoms with Crippen LogP contribution < -0.4 is 0 Å². The Kier molecular flexibility index (Phi) is 16.6. The molecule has 0 radical (unpaired) electrons. The highest BCUT2D eigenvalue weighted by molar-refractivity contribution is 6.84. The summed E-state index contributed by atoms with van der Waals surface area (Å²) >= 11 is 0. The largest absolute Gasteiger partial charge is 0.453 e. The highest BCUT2D eigenvalue weighted by Crippen LogP contribution is 2.33. The molecule has 0 aromatic rings. The van der Waals surface area contributed by atoms with E-state index in [-0.39, 0.29) is 7.12 Å². The Morgan fingerprint density at radius 3 is 1.21 bits per heavy atom. The Balaban J connectivity index is 5.62. The summed E-state index contributed by atoms with van der Waals surface area (Å²) in [5, 5.41) is 9.04. The van der Waals surface area contributed by atoms with Gasteiger partial charge < -0.3 is 8.69 Å². The van der Waals surface area contributed by atoms with E-state index < -0.39 is 16.6 Å². The maximum absolute atomic E-state index is 9.04. The quantitative estimate of drug-likeness (QED) is 0.155. The third-order valence-electron chi connectivity index (χ3n) is 5.72. The first-order chi connectivity index (χ1) is 13.5. The van der Waals surface area contributed by atoms with E-state index in [2.05, 4.69) is 47.6 Å². The van der Waals surface area contributed by atoms with Gasteiger partial charge in [0.2, 0.25) is 0 Å². The van der Waals surface area contributed by atoms with Crippen molar-refractivity contribution in [2.75, 3.05) is 0 Å². The van der Waals surface area contributed by atoms with Gasteiger partial charge in [-0.25, -0.2) is 0 Å². The zero-order chi connectivity index (χ0) is 21.3. The lowest BCUT2D eigenvalue weighted by atomic mass is 9.84. The third-order valence-corrected chi connectivity index (χ3v) is 15.7. The van der Waals surface area contributed by atoms with E-state index in [9.17, 15) is 0 Å². The normalized spacial score (nSPS) is 12.2. The van der Waals surface area contributed by atoms with Crippen molar-refractivity contribution in [3.63, 3.8) is 0 Å². The summed E-state index contributed by atoms with van der Waals surface area (Å²) in [6, 6.07) is 9.79. The lowest BCUT2D eigenvalue weighted by Crippen LogP contribution is -2.50. The topological polar surface area (TPSA) is 42.2 Å². The van der Waals surface area contributed by atoms with Crippen molar-refractivity contribution in [2.45, 2.75) is 135 Å². The van der Waals surface area contributed by atoms with Crippen LogP contribution >= 0.6 is 0 Å². The number of nitrogens with zero attached hydrogens (tertiary/aromatic N) is 1. The number of hydrogen-bond donors (Lipinski definition) is 0. The Bertz CT molecular complexity index is 356. The predicted octanol–water partition coefficient (Wildman–Crippen LogP) is 8.16. The van der Waals surface area contributed by atoms with E-state index in [1.165, 1.54) is 74.8 Å². The van der Waals surface area contributed by atoms with Crippen LogP contribution in [0.4, 0.5) is 0 Å². The zero-order valence-corrected chi connectivity index (χ0v) is 21.9. The molecular weight excluding hydrogens is 377 g/mol. The Morgan fingerprint density at radius 1 is 0.643 bits per heavy atom. The molecule has 0 aromatic heterocycles. The molecule has 0 saturated heterocycles. The van der Waals surface area contributed by atoms with Gasteiger partial charge in [-0.1, -0.05) is 80.1 Å². The molecule has 0 atom stereocenters. The fourth-order valence-electron chi connectivity index (χ4n) is 4.88. The molecule has 0 bridgehead atoms. The molecule has 0 fully saturated rings. The van der Waals surface area contributed by atoms with Crippen LogP contribution in [0.15, 0.2) is 0 Å². The van der Waals surface area contributed by atoms with E-state index in [4.69, 9.17) is 13.9 Å². The van der Waals surface area contributed by atoms with Gasteiger partial charge in [0.1, 0.15) is 0 Å². The minimum atomic E-state index is -1.77. The van der Waals surface area contributed by atoms with E-state index in [1.54, 1.807) is 0 Å². The third kappa shape index (κ3) is 10.6. The van der Waals surface area contributed by atoms with Crippen LogP contribution in [-0.4, -0.2) is 23.8 Å². The maximum atomic E-state index is 9.04. The molecule has 0 spiro atoms. The highest BCUT2D eigenvalue weighted by Gasteiger charge is 2.41. The van der Waals surface area contributed by atoms with Crippen molar-refractivity contribution in [1.82, 2.24) is 0 Å². The first-order valence-corrected chi connectivity index (χ1v) is 17.3. The number of unbranched alkanes of at least 4 members (excludes halogenated alkanes) is 1. The van der Waals surface area contributed by atoms with Gasteiger partial charge in [-0.15, -0.1) is 0 Å². The molecule has 0 aliphatic rings. The van der Waals surface area contributed by atoms with Crippen molar-refractivity contribution in [3.8, 4) is 6.07 Å². The fraction of sp³-hybridized carbons (Fsp3) is 0.955. The summed E-state index contributed by atoms with van der Waals surface area (Å²) in [6.45, 7) is 13.8. The van der Waals surface area contributed by atoms with E-state index in [1.807, 2.05) is 0 Å². The van der Waals surface area contributed by atoms with E-state index >= 15 is 0 Å². The van der Waals surface area contributed by atoms with E-state index in [0.29, 0.717) is 6.42 Å². The lowest BCUT2D eigenvalue weighted by molar-refractivity contribution is 0.389. The Labute approximate surface area is 179 Å². The summed E-state index contributed by atoms with van der Waals surface area (Å²) in [7, 11) is -3.61. The van der Waals surface area contributed by atoms with E-state index in [0.717, 1.165) is 12.7 Å². The minimum Gasteiger partial charge on any atom is -0.453 e. The lowest BCUT2D eigenvalue weighted by Gasteiger charge is -2.39. The zero-order valence-electron chi connectivity index (χ0n) is 19.9. The van der Waals surface area contributed by atoms with Crippen molar-refractivity contribution in [3.05, 3.63) is 0 Å². The average molecular weight is 426 g/mol. The van der Waals surface area contributed by atoms with Gasteiger partial charge in [-0.3, -0.25) is 0 Å². The Hall–Kier alpha value is -0.0913. The summed E-state index contributed by atoms with van der Waals surface area (Å²) in [4.78, 5) is 0. The second-order valence-electron chi connectivity index (χ2n) is 8.58. The van der Waals surface area contributed by atoms with Crippen LogP contribution in [0.25, 0.3) is 0 Å². The smallest absolute Gasteiger partial charge is 0.435 e. The second kappa shape index (κ2) is 16.7. The molecule has 0 amide bonds. The number of rotatable bonds is 19. The monoisotopic (exact) mass is 425 g/mol. The summed E-state index contributed by atoms with van der Waals surface area (Å²) in [5.74, 6) is 0. The summed E-state index contributed by atoms with van der Waals surface area (Å²) < 4.78 is 14.1. The van der Waals surface area contributed by atoms with Gasteiger partial charge in [-0.2, -0.15) is 5.26 Å². The van der Waals surface area contributed by atoms with Gasteiger partial charge in [0.25, 0.3) is 0 Å². The molecule has 0 heterocycles. The number of nitriles is 1. The minimum absolute atomic E-state index is 0.0685. The molecule has 28 heavy (non-hydrogen) atoms. The summed E-state index contributed by atoms with van der Waals surface area (Å²) in [6.07, 6.45) is 9.64. The molecule has 3 nitrogen and oxygen atoms in total. The molecule has 0 aliphatic carbocycles. The van der Waals surface area contributed by atoms with Crippen LogP contribution in [0.5, 0.6) is 0 Å². The van der Waals surface area contributed by atoms with Crippen LogP contribution in [0.1, 0.15) is 92.9 Å². The molecular formula is C22H48BNO2Si2. The number of hydrogen-bond acceptors (Lipinski definition) is 3. The van der Waals surface area contributed by atoms with Crippen LogP contribution in [0.2, 0.25) is 42.6 Å². The van der Waals surface area contributed by atoms with Crippen LogP contribution in [0, 0.1) is 11.3 Å². The predicted molar refractivity (Wildman–Crippen MR) is 130 cm³/mol.